The average Bonchev–Trinajstić information content (AvgIpc) is 3.13. The topological polar surface area (TPSA) is 107 Å². The predicted octanol–water partition coefficient (Wildman–Crippen LogP) is 3.80. The first-order valence-corrected chi connectivity index (χ1v) is 11.2. The molecule has 0 fully saturated rings. The molecule has 5 aromatic rings. The number of fused-ring (bicyclic) bond motifs is 1. The molecule has 0 aliphatic carbocycles. The van der Waals surface area contributed by atoms with Crippen LogP contribution in [0.4, 0.5) is 11.4 Å². The Labute approximate surface area is 201 Å². The molecule has 5 rings (SSSR count). The molecule has 176 valence electrons. The second-order valence-corrected chi connectivity index (χ2v) is 8.22. The molecule has 0 spiro atoms. The number of nitrogens with one attached hydrogen (secondary N) is 2. The molecule has 0 aliphatic rings. The van der Waals surface area contributed by atoms with E-state index in [1.54, 1.807) is 19.2 Å². The molecule has 0 unspecified atom stereocenters. The molecule has 0 atom stereocenters. The smallest absolute Gasteiger partial charge is 0.333 e. The maximum atomic E-state index is 13.1. The summed E-state index contributed by atoms with van der Waals surface area (Å²) >= 11 is 0. The van der Waals surface area contributed by atoms with E-state index in [1.807, 2.05) is 72.8 Å². The van der Waals surface area contributed by atoms with Gasteiger partial charge in [0.2, 0.25) is 0 Å². The van der Waals surface area contributed by atoms with Crippen molar-refractivity contribution in [2.45, 2.75) is 13.2 Å². The summed E-state index contributed by atoms with van der Waals surface area (Å²) in [6.07, 6.45) is 0. The second-order valence-electron chi connectivity index (χ2n) is 8.22. The predicted molar refractivity (Wildman–Crippen MR) is 138 cm³/mol. The van der Waals surface area contributed by atoms with Crippen molar-refractivity contribution in [3.05, 3.63) is 117 Å². The van der Waals surface area contributed by atoms with Crippen LogP contribution in [0.25, 0.3) is 16.7 Å². The first kappa shape index (κ1) is 22.2. The molecule has 8 nitrogen and oxygen atoms in total. The molecule has 4 N–H and O–H groups in total. The van der Waals surface area contributed by atoms with Crippen molar-refractivity contribution in [3.8, 4) is 11.6 Å². The van der Waals surface area contributed by atoms with E-state index in [4.69, 9.17) is 10.5 Å². The van der Waals surface area contributed by atoms with Crippen LogP contribution < -0.4 is 27.0 Å². The van der Waals surface area contributed by atoms with Crippen molar-refractivity contribution in [3.63, 3.8) is 0 Å². The van der Waals surface area contributed by atoms with Gasteiger partial charge in [-0.1, -0.05) is 42.5 Å². The van der Waals surface area contributed by atoms with Crippen molar-refractivity contribution in [1.82, 2.24) is 14.1 Å². The molecule has 0 aliphatic heterocycles. The Hall–Kier alpha value is -4.56. The molecular formula is C27H25N5O3. The fourth-order valence-corrected chi connectivity index (χ4v) is 3.98. The SMILES string of the molecule is Cn1c(=O)n(-c2ccc(OCc3ccccc3)[nH]c2=O)c2ccc(Nc3ccc(CN)cc3)cc21. The van der Waals surface area contributed by atoms with Crippen LogP contribution in [-0.2, 0) is 20.2 Å². The molecule has 8 heteroatoms. The summed E-state index contributed by atoms with van der Waals surface area (Å²) in [5.41, 5.74) is 10.3. The number of aromatic nitrogens is 3. The molecule has 3 aromatic carbocycles. The van der Waals surface area contributed by atoms with Crippen LogP contribution in [0.15, 0.2) is 94.5 Å². The Morgan fingerprint density at radius 1 is 0.857 bits per heavy atom. The number of rotatable bonds is 7. The Bertz CT molecular complexity index is 1600. The zero-order valence-corrected chi connectivity index (χ0v) is 19.2. The average molecular weight is 468 g/mol. The second kappa shape index (κ2) is 9.36. The van der Waals surface area contributed by atoms with Gasteiger partial charge < -0.3 is 15.8 Å². The van der Waals surface area contributed by atoms with Gasteiger partial charge in [-0.05, 0) is 47.5 Å². The lowest BCUT2D eigenvalue weighted by Gasteiger charge is -2.09. The minimum absolute atomic E-state index is 0.228. The highest BCUT2D eigenvalue weighted by molar-refractivity contribution is 5.83. The summed E-state index contributed by atoms with van der Waals surface area (Å²) in [5.74, 6) is 0.336. The maximum absolute atomic E-state index is 13.1. The molecule has 35 heavy (non-hydrogen) atoms. The summed E-state index contributed by atoms with van der Waals surface area (Å²) in [6.45, 7) is 0.816. The molecule has 0 saturated heterocycles. The van der Waals surface area contributed by atoms with E-state index >= 15 is 0 Å². The third-order valence-corrected chi connectivity index (χ3v) is 5.87. The number of benzene rings is 3. The van der Waals surface area contributed by atoms with Crippen LogP contribution in [0.2, 0.25) is 0 Å². The zero-order chi connectivity index (χ0) is 24.4. The number of ether oxygens (including phenoxy) is 1. The van der Waals surface area contributed by atoms with Crippen LogP contribution in [0, 0.1) is 0 Å². The van der Waals surface area contributed by atoms with Gasteiger partial charge in [0.1, 0.15) is 12.3 Å². The van der Waals surface area contributed by atoms with Crippen molar-refractivity contribution in [2.75, 3.05) is 5.32 Å². The molecule has 0 radical (unpaired) electrons. The number of hydrogen-bond donors (Lipinski definition) is 3. The summed E-state index contributed by atoms with van der Waals surface area (Å²) < 4.78 is 8.65. The van der Waals surface area contributed by atoms with Gasteiger partial charge in [-0.2, -0.15) is 0 Å². The summed E-state index contributed by atoms with van der Waals surface area (Å²) in [4.78, 5) is 28.7. The van der Waals surface area contributed by atoms with Gasteiger partial charge in [-0.25, -0.2) is 4.79 Å². The third kappa shape index (κ3) is 4.47. The molecule has 2 heterocycles. The Morgan fingerprint density at radius 3 is 2.31 bits per heavy atom. The minimum Gasteiger partial charge on any atom is -0.474 e. The minimum atomic E-state index is -0.410. The highest BCUT2D eigenvalue weighted by Gasteiger charge is 2.16. The first-order chi connectivity index (χ1) is 17.0. The van der Waals surface area contributed by atoms with E-state index < -0.39 is 5.56 Å². The normalized spacial score (nSPS) is 11.0. The summed E-state index contributed by atoms with van der Waals surface area (Å²) in [7, 11) is 1.69. The van der Waals surface area contributed by atoms with Crippen LogP contribution in [0.5, 0.6) is 5.88 Å². The van der Waals surface area contributed by atoms with E-state index in [-0.39, 0.29) is 11.4 Å². The Balaban J connectivity index is 1.44. The van der Waals surface area contributed by atoms with Gasteiger partial charge in [0.05, 0.1) is 11.0 Å². The standard InChI is InChI=1S/C27H25N5O3/c1-31-24-15-21(29-20-9-7-18(16-28)8-10-20)11-12-22(24)32(27(31)34)23-13-14-25(30-26(23)33)35-17-19-5-3-2-4-6-19/h2-15,29H,16-17,28H2,1H3,(H,30,33). The monoisotopic (exact) mass is 467 g/mol. The Morgan fingerprint density at radius 2 is 1.60 bits per heavy atom. The van der Waals surface area contributed by atoms with E-state index in [0.29, 0.717) is 30.1 Å². The highest BCUT2D eigenvalue weighted by atomic mass is 16.5. The molecule has 0 saturated carbocycles. The van der Waals surface area contributed by atoms with E-state index in [0.717, 1.165) is 22.5 Å². The lowest BCUT2D eigenvalue weighted by atomic mass is 10.2. The van der Waals surface area contributed by atoms with Crippen molar-refractivity contribution in [1.29, 1.82) is 0 Å². The number of aryl methyl sites for hydroxylation is 1. The van der Waals surface area contributed by atoms with E-state index in [1.165, 1.54) is 9.13 Å². The van der Waals surface area contributed by atoms with Crippen molar-refractivity contribution < 1.29 is 4.74 Å². The van der Waals surface area contributed by atoms with Gasteiger partial charge in [-0.15, -0.1) is 0 Å². The zero-order valence-electron chi connectivity index (χ0n) is 19.2. The quantitative estimate of drug-likeness (QED) is 0.338. The number of pyridine rings is 1. The van der Waals surface area contributed by atoms with Crippen LogP contribution >= 0.6 is 0 Å². The lowest BCUT2D eigenvalue weighted by molar-refractivity contribution is 0.293. The number of imidazole rings is 1. The number of hydrogen-bond acceptors (Lipinski definition) is 5. The summed E-state index contributed by atoms with van der Waals surface area (Å²) in [5, 5.41) is 3.34. The molecular weight excluding hydrogens is 442 g/mol. The first-order valence-electron chi connectivity index (χ1n) is 11.2. The van der Waals surface area contributed by atoms with Crippen molar-refractivity contribution in [2.24, 2.45) is 12.8 Å². The number of anilines is 2. The van der Waals surface area contributed by atoms with Crippen molar-refractivity contribution >= 4 is 22.4 Å². The highest BCUT2D eigenvalue weighted by Crippen LogP contribution is 2.23. The molecule has 0 amide bonds. The van der Waals surface area contributed by atoms with Crippen LogP contribution in [-0.4, -0.2) is 14.1 Å². The molecule has 0 bridgehead atoms. The van der Waals surface area contributed by atoms with Crippen LogP contribution in [0.1, 0.15) is 11.1 Å². The van der Waals surface area contributed by atoms with E-state index in [9.17, 15) is 9.59 Å². The number of H-pyrrole nitrogens is 1. The summed E-state index contributed by atoms with van der Waals surface area (Å²) in [6, 6.07) is 26.4. The number of nitrogens with zero attached hydrogens (tertiary/aromatic N) is 2. The number of aromatic amines is 1. The number of nitrogens with two attached hydrogens (primary N) is 1. The Kier molecular flexibility index (Phi) is 5.95. The van der Waals surface area contributed by atoms with E-state index in [2.05, 4.69) is 10.3 Å². The molecule has 2 aromatic heterocycles. The van der Waals surface area contributed by atoms with Gasteiger partial charge in [-0.3, -0.25) is 18.9 Å². The van der Waals surface area contributed by atoms with Gasteiger partial charge in [0.25, 0.3) is 5.56 Å². The van der Waals surface area contributed by atoms with Crippen LogP contribution in [0.3, 0.4) is 0 Å². The van der Waals surface area contributed by atoms with Gasteiger partial charge in [0.15, 0.2) is 5.88 Å². The fraction of sp³-hybridized carbons (Fsp3) is 0.111. The van der Waals surface area contributed by atoms with Gasteiger partial charge in [0, 0.05) is 31.0 Å². The maximum Gasteiger partial charge on any atom is 0.333 e. The third-order valence-electron chi connectivity index (χ3n) is 5.87. The fourth-order valence-electron chi connectivity index (χ4n) is 3.98. The van der Waals surface area contributed by atoms with Gasteiger partial charge >= 0.3 is 5.69 Å². The lowest BCUT2D eigenvalue weighted by Crippen LogP contribution is -2.26. The largest absolute Gasteiger partial charge is 0.474 e.